The van der Waals surface area contributed by atoms with Gasteiger partial charge >= 0.3 is 0 Å². The molecule has 0 amide bonds. The van der Waals surface area contributed by atoms with Crippen LogP contribution in [-0.4, -0.2) is 45.1 Å². The fraction of sp³-hybridized carbons (Fsp3) is 0.643. The number of pyridine rings is 1. The summed E-state index contributed by atoms with van der Waals surface area (Å²) >= 11 is 0. The zero-order valence-electron chi connectivity index (χ0n) is 11.9. The summed E-state index contributed by atoms with van der Waals surface area (Å²) in [7, 11) is 1.69. The number of anilines is 1. The second-order valence-corrected chi connectivity index (χ2v) is 4.06. The Morgan fingerprint density at radius 1 is 1.11 bits per heavy atom. The number of nitrogens with one attached hydrogen (secondary N) is 1. The molecular weight excluding hydrogens is 244 g/mol. The van der Waals surface area contributed by atoms with E-state index in [1.54, 1.807) is 7.11 Å². The van der Waals surface area contributed by atoms with Gasteiger partial charge < -0.3 is 19.5 Å². The van der Waals surface area contributed by atoms with Gasteiger partial charge in [0, 0.05) is 26.9 Å². The van der Waals surface area contributed by atoms with Crippen molar-refractivity contribution in [1.29, 1.82) is 0 Å². The lowest BCUT2D eigenvalue weighted by Crippen LogP contribution is -2.07. The molecule has 0 saturated heterocycles. The van der Waals surface area contributed by atoms with Crippen LogP contribution < -0.4 is 5.32 Å². The predicted molar refractivity (Wildman–Crippen MR) is 75.4 cm³/mol. The second kappa shape index (κ2) is 10.7. The Morgan fingerprint density at radius 3 is 2.74 bits per heavy atom. The number of nitrogens with zero attached hydrogens (tertiary/aromatic N) is 1. The maximum Gasteiger partial charge on any atom is 0.126 e. The Labute approximate surface area is 115 Å². The first kappa shape index (κ1) is 15.9. The van der Waals surface area contributed by atoms with Crippen LogP contribution in [0, 0.1) is 0 Å². The molecule has 0 spiro atoms. The van der Waals surface area contributed by atoms with Crippen LogP contribution in [0.3, 0.4) is 0 Å². The van der Waals surface area contributed by atoms with Crippen molar-refractivity contribution in [1.82, 2.24) is 4.98 Å². The molecule has 0 unspecified atom stereocenters. The van der Waals surface area contributed by atoms with Crippen molar-refractivity contribution in [3.8, 4) is 0 Å². The average molecular weight is 268 g/mol. The van der Waals surface area contributed by atoms with Crippen LogP contribution in [0.5, 0.6) is 0 Å². The minimum atomic E-state index is 0.515. The molecule has 5 heteroatoms. The van der Waals surface area contributed by atoms with Crippen molar-refractivity contribution in [3.05, 3.63) is 23.9 Å². The van der Waals surface area contributed by atoms with Crippen molar-refractivity contribution < 1.29 is 14.2 Å². The molecule has 1 N–H and O–H groups in total. The van der Waals surface area contributed by atoms with Crippen LogP contribution in [-0.2, 0) is 20.8 Å². The van der Waals surface area contributed by atoms with Crippen LogP contribution in [0.4, 0.5) is 5.82 Å². The number of methoxy groups -OCH3 is 1. The van der Waals surface area contributed by atoms with Crippen molar-refractivity contribution in [3.63, 3.8) is 0 Å². The van der Waals surface area contributed by atoms with Crippen molar-refractivity contribution in [2.45, 2.75) is 20.0 Å². The van der Waals surface area contributed by atoms with Gasteiger partial charge in [-0.1, -0.05) is 6.07 Å². The number of rotatable bonds is 11. The summed E-state index contributed by atoms with van der Waals surface area (Å²) in [6, 6.07) is 5.89. The normalized spacial score (nSPS) is 10.6. The highest BCUT2D eigenvalue weighted by molar-refractivity contribution is 5.34. The van der Waals surface area contributed by atoms with E-state index in [0.29, 0.717) is 26.4 Å². The molecular formula is C14H24N2O3. The number of hydrogen-bond acceptors (Lipinski definition) is 5. The van der Waals surface area contributed by atoms with Crippen LogP contribution in [0.2, 0.25) is 0 Å². The predicted octanol–water partition coefficient (Wildman–Crippen LogP) is 2.08. The SMILES string of the molecule is CCNc1cccc(COCCOCCCOC)n1. The van der Waals surface area contributed by atoms with E-state index in [4.69, 9.17) is 14.2 Å². The number of ether oxygens (including phenoxy) is 3. The lowest BCUT2D eigenvalue weighted by Gasteiger charge is -2.07. The summed E-state index contributed by atoms with van der Waals surface area (Å²) in [6.07, 6.45) is 0.919. The molecule has 1 aromatic rings. The summed E-state index contributed by atoms with van der Waals surface area (Å²) in [4.78, 5) is 4.43. The monoisotopic (exact) mass is 268 g/mol. The molecule has 0 aromatic carbocycles. The Bertz CT molecular complexity index is 334. The van der Waals surface area contributed by atoms with E-state index in [1.165, 1.54) is 0 Å². The van der Waals surface area contributed by atoms with E-state index in [1.807, 2.05) is 25.1 Å². The molecule has 0 aliphatic rings. The summed E-state index contributed by atoms with van der Waals surface area (Å²) in [5.74, 6) is 0.888. The largest absolute Gasteiger partial charge is 0.385 e. The first-order chi connectivity index (χ1) is 9.36. The summed E-state index contributed by atoms with van der Waals surface area (Å²) in [6.45, 7) is 6.07. The Morgan fingerprint density at radius 2 is 1.95 bits per heavy atom. The Balaban J connectivity index is 2.07. The third-order valence-corrected chi connectivity index (χ3v) is 2.42. The molecule has 0 fully saturated rings. The quantitative estimate of drug-likeness (QED) is 0.623. The van der Waals surface area contributed by atoms with E-state index in [0.717, 1.165) is 31.1 Å². The third-order valence-electron chi connectivity index (χ3n) is 2.42. The number of hydrogen-bond donors (Lipinski definition) is 1. The fourth-order valence-corrected chi connectivity index (χ4v) is 1.54. The molecule has 0 aliphatic heterocycles. The summed E-state index contributed by atoms with van der Waals surface area (Å²) in [5, 5.41) is 3.17. The molecule has 0 radical (unpaired) electrons. The van der Waals surface area contributed by atoms with Gasteiger partial charge in [0.05, 0.1) is 25.5 Å². The lowest BCUT2D eigenvalue weighted by atomic mass is 10.3. The van der Waals surface area contributed by atoms with Gasteiger partial charge in [-0.15, -0.1) is 0 Å². The standard InChI is InChI=1S/C14H24N2O3/c1-3-15-14-7-4-6-13(16-14)12-19-11-10-18-9-5-8-17-2/h4,6-7H,3,5,8-12H2,1-2H3,(H,15,16). The highest BCUT2D eigenvalue weighted by Crippen LogP contribution is 2.05. The molecule has 19 heavy (non-hydrogen) atoms. The third kappa shape index (κ3) is 7.77. The van der Waals surface area contributed by atoms with Crippen LogP contribution in [0.25, 0.3) is 0 Å². The molecule has 1 aromatic heterocycles. The molecule has 5 nitrogen and oxygen atoms in total. The first-order valence-electron chi connectivity index (χ1n) is 6.71. The van der Waals surface area contributed by atoms with Gasteiger partial charge in [0.1, 0.15) is 5.82 Å². The van der Waals surface area contributed by atoms with Gasteiger partial charge in [-0.25, -0.2) is 4.98 Å². The van der Waals surface area contributed by atoms with Crippen LogP contribution in [0.1, 0.15) is 19.0 Å². The van der Waals surface area contributed by atoms with Gasteiger partial charge in [-0.2, -0.15) is 0 Å². The zero-order chi connectivity index (χ0) is 13.8. The van der Waals surface area contributed by atoms with Gasteiger partial charge in [0.25, 0.3) is 0 Å². The summed E-state index contributed by atoms with van der Waals surface area (Å²) in [5.41, 5.74) is 0.929. The first-order valence-corrected chi connectivity index (χ1v) is 6.71. The zero-order valence-corrected chi connectivity index (χ0v) is 11.9. The van der Waals surface area contributed by atoms with E-state index < -0.39 is 0 Å². The second-order valence-electron chi connectivity index (χ2n) is 4.06. The van der Waals surface area contributed by atoms with E-state index in [2.05, 4.69) is 10.3 Å². The van der Waals surface area contributed by atoms with Gasteiger partial charge in [-0.05, 0) is 25.5 Å². The molecule has 108 valence electrons. The maximum absolute atomic E-state index is 5.51. The van der Waals surface area contributed by atoms with E-state index >= 15 is 0 Å². The summed E-state index contributed by atoms with van der Waals surface area (Å²) < 4.78 is 15.8. The average Bonchev–Trinajstić information content (AvgIpc) is 2.43. The minimum Gasteiger partial charge on any atom is -0.385 e. The Kier molecular flexibility index (Phi) is 8.97. The van der Waals surface area contributed by atoms with Crippen LogP contribution >= 0.6 is 0 Å². The maximum atomic E-state index is 5.51. The molecule has 0 saturated carbocycles. The molecule has 0 bridgehead atoms. The van der Waals surface area contributed by atoms with Crippen molar-refractivity contribution in [2.75, 3.05) is 45.4 Å². The lowest BCUT2D eigenvalue weighted by molar-refractivity contribution is 0.0328. The highest BCUT2D eigenvalue weighted by atomic mass is 16.5. The topological polar surface area (TPSA) is 52.6 Å². The molecule has 1 rings (SSSR count). The van der Waals surface area contributed by atoms with E-state index in [-0.39, 0.29) is 0 Å². The smallest absolute Gasteiger partial charge is 0.126 e. The Hall–Kier alpha value is -1.17. The number of aromatic nitrogens is 1. The van der Waals surface area contributed by atoms with E-state index in [9.17, 15) is 0 Å². The van der Waals surface area contributed by atoms with Gasteiger partial charge in [-0.3, -0.25) is 0 Å². The minimum absolute atomic E-state index is 0.515. The highest BCUT2D eigenvalue weighted by Gasteiger charge is 1.97. The molecule has 1 heterocycles. The van der Waals surface area contributed by atoms with Gasteiger partial charge in [0.15, 0.2) is 0 Å². The van der Waals surface area contributed by atoms with Crippen molar-refractivity contribution in [2.24, 2.45) is 0 Å². The van der Waals surface area contributed by atoms with Crippen LogP contribution in [0.15, 0.2) is 18.2 Å². The van der Waals surface area contributed by atoms with Gasteiger partial charge in [0.2, 0.25) is 0 Å². The van der Waals surface area contributed by atoms with Crippen molar-refractivity contribution >= 4 is 5.82 Å². The molecule has 0 atom stereocenters. The fourth-order valence-electron chi connectivity index (χ4n) is 1.54. The molecule has 0 aliphatic carbocycles.